The molecule has 0 N–H and O–H groups in total. The smallest absolute Gasteiger partial charge is 0.346 e. The molecule has 198 valence electrons. The second-order valence-electron chi connectivity index (χ2n) is 10.1. The lowest BCUT2D eigenvalue weighted by atomic mass is 9.95. The number of nitrogens with zero attached hydrogens (tertiary/aromatic N) is 4. The fourth-order valence-corrected chi connectivity index (χ4v) is 4.63. The van der Waals surface area contributed by atoms with Gasteiger partial charge in [-0.05, 0) is 69.3 Å². The molecule has 0 unspecified atom stereocenters. The molecule has 2 aromatic heterocycles. The molecule has 2 heterocycles. The lowest BCUT2D eigenvalue weighted by molar-refractivity contribution is -0.147. The van der Waals surface area contributed by atoms with E-state index in [2.05, 4.69) is 25.6 Å². The molecular weight excluding hydrogens is 548 g/mol. The molecule has 0 saturated heterocycles. The summed E-state index contributed by atoms with van der Waals surface area (Å²) in [5, 5.41) is 5.13. The van der Waals surface area contributed by atoms with Crippen LogP contribution in [0.2, 0.25) is 0 Å². The summed E-state index contributed by atoms with van der Waals surface area (Å²) in [5.74, 6) is 0.720. The van der Waals surface area contributed by atoms with Crippen molar-refractivity contribution < 1.29 is 14.3 Å². The molecule has 2 aromatic carbocycles. The number of hydrogen-bond donors (Lipinski definition) is 0. The van der Waals surface area contributed by atoms with Crippen LogP contribution >= 0.6 is 15.9 Å². The van der Waals surface area contributed by atoms with Crippen molar-refractivity contribution in [1.82, 2.24) is 14.2 Å². The largest absolute Gasteiger partial charge is 0.479 e. The number of fused-ring (bicyclic) bond motifs is 1. The molecule has 0 radical (unpaired) electrons. The van der Waals surface area contributed by atoms with Gasteiger partial charge in [-0.25, -0.2) is 9.78 Å². The van der Waals surface area contributed by atoms with Gasteiger partial charge in [-0.2, -0.15) is 9.78 Å². The van der Waals surface area contributed by atoms with Gasteiger partial charge < -0.3 is 14.0 Å². The molecule has 38 heavy (non-hydrogen) atoms. The van der Waals surface area contributed by atoms with E-state index in [1.165, 1.54) is 11.8 Å². The summed E-state index contributed by atoms with van der Waals surface area (Å²) in [4.78, 5) is 29.9. The first kappa shape index (κ1) is 27.3. The number of esters is 1. The molecule has 0 saturated carbocycles. The van der Waals surface area contributed by atoms with E-state index in [0.717, 1.165) is 27.1 Å². The van der Waals surface area contributed by atoms with Crippen molar-refractivity contribution in [2.75, 3.05) is 7.11 Å². The van der Waals surface area contributed by atoms with Crippen LogP contribution in [0.3, 0.4) is 0 Å². The third kappa shape index (κ3) is 5.43. The predicted molar refractivity (Wildman–Crippen MR) is 153 cm³/mol. The zero-order chi connectivity index (χ0) is 27.8. The summed E-state index contributed by atoms with van der Waals surface area (Å²) in [7, 11) is 1.33. The van der Waals surface area contributed by atoms with Gasteiger partial charge in [0.15, 0.2) is 6.10 Å². The van der Waals surface area contributed by atoms with E-state index in [0.29, 0.717) is 22.5 Å². The number of aryl methyl sites for hydroxylation is 1. The molecule has 0 fully saturated rings. The molecular formula is C29H31BrN4O4. The van der Waals surface area contributed by atoms with Gasteiger partial charge >= 0.3 is 5.97 Å². The maximum Gasteiger partial charge on any atom is 0.346 e. The Bertz CT molecular complexity index is 1590. The molecule has 0 aliphatic rings. The first-order valence-corrected chi connectivity index (χ1v) is 13.0. The second-order valence-corrected chi connectivity index (χ2v) is 11.1. The standard InChI is InChI=1S/C29H31BrN4O4/c1-17-14-20(18(2)33(17)22-9-11-23(12-10-22)38-19(3)27(36)37-7)16-31-34-26(35)24-15-21(30)8-13-25(24)32-28(34)29(4,5)6/h8-16,19H,1-7H3/t19-/m0/s1. The van der Waals surface area contributed by atoms with Crippen LogP contribution in [0.1, 0.15) is 50.5 Å². The molecule has 0 amide bonds. The number of carbonyl (C=O) groups excluding carboxylic acids is 1. The van der Waals surface area contributed by atoms with Crippen molar-refractivity contribution in [3.05, 3.63) is 86.1 Å². The predicted octanol–water partition coefficient (Wildman–Crippen LogP) is 5.69. The van der Waals surface area contributed by atoms with Gasteiger partial charge in [-0.15, -0.1) is 0 Å². The zero-order valence-corrected chi connectivity index (χ0v) is 24.2. The Morgan fingerprint density at radius 2 is 1.79 bits per heavy atom. The van der Waals surface area contributed by atoms with Crippen LogP contribution in [0.25, 0.3) is 16.6 Å². The average Bonchev–Trinajstić information content (AvgIpc) is 3.15. The Hall–Kier alpha value is -3.72. The Morgan fingerprint density at radius 1 is 1.11 bits per heavy atom. The molecule has 0 aliphatic heterocycles. The minimum atomic E-state index is -0.698. The first-order valence-electron chi connectivity index (χ1n) is 12.2. The number of hydrogen-bond acceptors (Lipinski definition) is 6. The SMILES string of the molecule is COC(=O)[C@H](C)Oc1ccc(-n2c(C)cc(C=Nn3c(C(C)(C)C)nc4ccc(Br)cc4c3=O)c2C)cc1. The third-order valence-corrected chi connectivity index (χ3v) is 6.70. The summed E-state index contributed by atoms with van der Waals surface area (Å²) >= 11 is 3.45. The highest BCUT2D eigenvalue weighted by molar-refractivity contribution is 9.10. The van der Waals surface area contributed by atoms with Crippen LogP contribution in [0.4, 0.5) is 0 Å². The van der Waals surface area contributed by atoms with Crippen molar-refractivity contribution >= 4 is 39.0 Å². The van der Waals surface area contributed by atoms with E-state index in [9.17, 15) is 9.59 Å². The molecule has 0 spiro atoms. The van der Waals surface area contributed by atoms with Crippen molar-refractivity contribution in [3.63, 3.8) is 0 Å². The van der Waals surface area contributed by atoms with Gasteiger partial charge in [-0.1, -0.05) is 36.7 Å². The monoisotopic (exact) mass is 578 g/mol. The van der Waals surface area contributed by atoms with Gasteiger partial charge in [0.25, 0.3) is 5.56 Å². The van der Waals surface area contributed by atoms with Crippen molar-refractivity contribution in [2.45, 2.75) is 53.1 Å². The summed E-state index contributed by atoms with van der Waals surface area (Å²) in [5.41, 5.74) is 3.80. The highest BCUT2D eigenvalue weighted by Crippen LogP contribution is 2.25. The number of benzene rings is 2. The minimum Gasteiger partial charge on any atom is -0.479 e. The Labute approximate surface area is 230 Å². The van der Waals surface area contributed by atoms with Crippen molar-refractivity contribution in [1.29, 1.82) is 0 Å². The molecule has 9 heteroatoms. The van der Waals surface area contributed by atoms with Gasteiger partial charge in [-0.3, -0.25) is 4.79 Å². The second kappa shape index (κ2) is 10.6. The lowest BCUT2D eigenvalue weighted by Crippen LogP contribution is -2.29. The molecule has 1 atom stereocenters. The van der Waals surface area contributed by atoms with Gasteiger partial charge in [0.2, 0.25) is 0 Å². The van der Waals surface area contributed by atoms with Crippen LogP contribution in [0.5, 0.6) is 5.75 Å². The first-order chi connectivity index (χ1) is 17.9. The summed E-state index contributed by atoms with van der Waals surface area (Å²) in [6.45, 7) is 11.7. The highest BCUT2D eigenvalue weighted by atomic mass is 79.9. The summed E-state index contributed by atoms with van der Waals surface area (Å²) < 4.78 is 14.7. The number of rotatable bonds is 6. The molecule has 4 rings (SSSR count). The Kier molecular flexibility index (Phi) is 7.60. The number of aromatic nitrogens is 3. The number of methoxy groups -OCH3 is 1. The maximum absolute atomic E-state index is 13.5. The number of carbonyl (C=O) groups is 1. The molecule has 0 aliphatic carbocycles. The Balaban J connectivity index is 1.71. The average molecular weight is 579 g/mol. The summed E-state index contributed by atoms with van der Waals surface area (Å²) in [6, 6.07) is 15.0. The van der Waals surface area contributed by atoms with Crippen LogP contribution in [0.15, 0.2) is 62.9 Å². The molecule has 4 aromatic rings. The van der Waals surface area contributed by atoms with Crippen molar-refractivity contribution in [2.24, 2.45) is 5.10 Å². The van der Waals surface area contributed by atoms with Crippen LogP contribution in [0, 0.1) is 13.8 Å². The lowest BCUT2D eigenvalue weighted by Gasteiger charge is -2.20. The van der Waals surface area contributed by atoms with Crippen LogP contribution in [-0.2, 0) is 14.9 Å². The summed E-state index contributed by atoms with van der Waals surface area (Å²) in [6.07, 6.45) is 1.01. The van der Waals surface area contributed by atoms with Gasteiger partial charge in [0.05, 0.1) is 24.2 Å². The normalized spacial score (nSPS) is 12.7. The Morgan fingerprint density at radius 3 is 2.42 bits per heavy atom. The van der Waals surface area contributed by atoms with E-state index in [4.69, 9.17) is 14.5 Å². The maximum atomic E-state index is 13.5. The quantitative estimate of drug-likeness (QED) is 0.217. The number of halogens is 1. The zero-order valence-electron chi connectivity index (χ0n) is 22.6. The fraction of sp³-hybridized carbons (Fsp3) is 0.310. The highest BCUT2D eigenvalue weighted by Gasteiger charge is 2.23. The van der Waals surface area contributed by atoms with E-state index in [-0.39, 0.29) is 5.56 Å². The number of ether oxygens (including phenoxy) is 2. The van der Waals surface area contributed by atoms with E-state index < -0.39 is 17.5 Å². The fourth-order valence-electron chi connectivity index (χ4n) is 4.27. The van der Waals surface area contributed by atoms with Gasteiger partial charge in [0.1, 0.15) is 11.6 Å². The minimum absolute atomic E-state index is 0.219. The van der Waals surface area contributed by atoms with Crippen molar-refractivity contribution in [3.8, 4) is 11.4 Å². The van der Waals surface area contributed by atoms with Gasteiger partial charge in [0, 0.05) is 32.5 Å². The molecule has 0 bridgehead atoms. The topological polar surface area (TPSA) is 87.7 Å². The van der Waals surface area contributed by atoms with E-state index in [1.54, 1.807) is 19.2 Å². The van der Waals surface area contributed by atoms with E-state index >= 15 is 0 Å². The third-order valence-electron chi connectivity index (χ3n) is 6.20. The van der Waals surface area contributed by atoms with Crippen LogP contribution in [-0.4, -0.2) is 39.6 Å². The molecule has 8 nitrogen and oxygen atoms in total. The van der Waals surface area contributed by atoms with Crippen LogP contribution < -0.4 is 10.3 Å². The van der Waals surface area contributed by atoms with E-state index in [1.807, 2.05) is 77.1 Å².